The average Bonchev–Trinajstić information content (AvgIpc) is 2.86. The molecule has 0 radical (unpaired) electrons. The number of Topliss-reactive ketones (excluding diaryl/α,β-unsaturated/α-hetero) is 1. The number of esters is 1. The molecule has 176 valence electrons. The van der Waals surface area contributed by atoms with Crippen LogP contribution in [0.25, 0.3) is 0 Å². The van der Waals surface area contributed by atoms with Gasteiger partial charge < -0.3 is 10.1 Å². The molecule has 3 aromatic rings. The molecule has 8 nitrogen and oxygen atoms in total. The number of nitrogens with one attached hydrogen (secondary N) is 2. The molecule has 0 bridgehead atoms. The maximum absolute atomic E-state index is 13.0. The fourth-order valence-corrected chi connectivity index (χ4v) is 4.04. The maximum atomic E-state index is 13.0. The van der Waals surface area contributed by atoms with Gasteiger partial charge >= 0.3 is 5.97 Å². The molecule has 0 aliphatic carbocycles. The van der Waals surface area contributed by atoms with Crippen LogP contribution in [-0.2, 0) is 24.3 Å². The molecule has 34 heavy (non-hydrogen) atoms. The summed E-state index contributed by atoms with van der Waals surface area (Å²) in [7, 11) is -3.88. The van der Waals surface area contributed by atoms with Crippen LogP contribution >= 0.6 is 11.6 Å². The van der Waals surface area contributed by atoms with E-state index in [2.05, 4.69) is 10.0 Å². The number of sulfonamides is 1. The van der Waals surface area contributed by atoms with Crippen molar-refractivity contribution in [1.29, 1.82) is 0 Å². The number of amides is 1. The Morgan fingerprint density at radius 1 is 0.824 bits per heavy atom. The van der Waals surface area contributed by atoms with E-state index in [-0.39, 0.29) is 4.90 Å². The molecular weight excluding hydrogens is 480 g/mol. The Morgan fingerprint density at radius 2 is 1.41 bits per heavy atom. The van der Waals surface area contributed by atoms with Gasteiger partial charge in [0.05, 0.1) is 11.4 Å². The first-order valence-electron chi connectivity index (χ1n) is 10.1. The van der Waals surface area contributed by atoms with Crippen LogP contribution in [0.2, 0.25) is 5.02 Å². The second-order valence-corrected chi connectivity index (χ2v) is 9.27. The summed E-state index contributed by atoms with van der Waals surface area (Å²) in [6.07, 6.45) is -1.25. The van der Waals surface area contributed by atoms with Crippen LogP contribution in [0, 0.1) is 0 Å². The highest BCUT2D eigenvalue weighted by Crippen LogP contribution is 2.24. The molecule has 3 rings (SSSR count). The molecule has 2 N–H and O–H groups in total. The molecule has 0 unspecified atom stereocenters. The number of ketones is 1. The van der Waals surface area contributed by atoms with Crippen LogP contribution in [0.15, 0.2) is 89.8 Å². The first-order valence-corrected chi connectivity index (χ1v) is 12.0. The number of hydrogen-bond donors (Lipinski definition) is 2. The van der Waals surface area contributed by atoms with Gasteiger partial charge in [0.15, 0.2) is 6.10 Å². The summed E-state index contributed by atoms with van der Waals surface area (Å²) in [4.78, 5) is 37.4. The second kappa shape index (κ2) is 11.6. The maximum Gasteiger partial charge on any atom is 0.326 e. The van der Waals surface area contributed by atoms with Crippen molar-refractivity contribution in [2.24, 2.45) is 0 Å². The third-order valence-electron chi connectivity index (χ3n) is 4.62. The minimum absolute atomic E-state index is 0.00689. The quantitative estimate of drug-likeness (QED) is 0.326. The number of carbonyl (C=O) groups excluding carboxylic acids is 3. The average molecular weight is 501 g/mol. The van der Waals surface area contributed by atoms with E-state index in [0.29, 0.717) is 16.1 Å². The third-order valence-corrected chi connectivity index (χ3v) is 6.29. The second-order valence-electron chi connectivity index (χ2n) is 7.07. The zero-order chi connectivity index (χ0) is 24.6. The predicted octanol–water partition coefficient (Wildman–Crippen LogP) is 2.90. The topological polar surface area (TPSA) is 119 Å². The van der Waals surface area contributed by atoms with Crippen molar-refractivity contribution < 1.29 is 27.5 Å². The molecule has 0 saturated heterocycles. The SMILES string of the molecule is O=C(CNS(=O)(=O)c1ccccc1)NCC(=O)O[C@@H](C(=O)c1ccccc1)c1ccc(Cl)cc1. The Labute approximate surface area is 201 Å². The van der Waals surface area contributed by atoms with Crippen LogP contribution in [-0.4, -0.2) is 39.2 Å². The van der Waals surface area contributed by atoms with Gasteiger partial charge in [-0.25, -0.2) is 13.1 Å². The van der Waals surface area contributed by atoms with Crippen LogP contribution in [0.5, 0.6) is 0 Å². The number of halogens is 1. The lowest BCUT2D eigenvalue weighted by Gasteiger charge is -2.18. The fourth-order valence-electron chi connectivity index (χ4n) is 2.91. The highest BCUT2D eigenvalue weighted by Gasteiger charge is 2.26. The highest BCUT2D eigenvalue weighted by atomic mass is 35.5. The van der Waals surface area contributed by atoms with E-state index < -0.39 is 46.9 Å². The summed E-state index contributed by atoms with van der Waals surface area (Å²) in [6.45, 7) is -1.13. The van der Waals surface area contributed by atoms with E-state index in [0.717, 1.165) is 0 Å². The standard InChI is InChI=1S/C24H21ClN2O6S/c25-19-13-11-18(12-14-19)24(23(30)17-7-3-1-4-8-17)33-22(29)16-26-21(28)15-27-34(31,32)20-9-5-2-6-10-20/h1-14,24,27H,15-16H2,(H,26,28)/t24-/m1/s1. The highest BCUT2D eigenvalue weighted by molar-refractivity contribution is 7.89. The van der Waals surface area contributed by atoms with E-state index in [1.165, 1.54) is 12.1 Å². The molecule has 3 aromatic carbocycles. The van der Waals surface area contributed by atoms with E-state index >= 15 is 0 Å². The van der Waals surface area contributed by atoms with Crippen LogP contribution in [0.4, 0.5) is 0 Å². The van der Waals surface area contributed by atoms with Gasteiger partial charge in [0, 0.05) is 16.1 Å². The molecule has 0 heterocycles. The van der Waals surface area contributed by atoms with Crippen molar-refractivity contribution in [3.63, 3.8) is 0 Å². The molecule has 0 spiro atoms. The smallest absolute Gasteiger partial charge is 0.326 e. The Balaban J connectivity index is 1.60. The summed E-state index contributed by atoms with van der Waals surface area (Å²) >= 11 is 5.92. The van der Waals surface area contributed by atoms with Gasteiger partial charge in [0.25, 0.3) is 0 Å². The largest absolute Gasteiger partial charge is 0.448 e. The van der Waals surface area contributed by atoms with Crippen LogP contribution in [0.1, 0.15) is 22.0 Å². The van der Waals surface area contributed by atoms with E-state index in [1.54, 1.807) is 72.8 Å². The lowest BCUT2D eigenvalue weighted by Crippen LogP contribution is -2.39. The summed E-state index contributed by atoms with van der Waals surface area (Å²) < 4.78 is 31.9. The van der Waals surface area contributed by atoms with Gasteiger partial charge in [-0.1, -0.05) is 72.3 Å². The lowest BCUT2D eigenvalue weighted by molar-refractivity contribution is -0.147. The Bertz CT molecular complexity index is 1250. The fraction of sp³-hybridized carbons (Fsp3) is 0.125. The van der Waals surface area contributed by atoms with E-state index in [4.69, 9.17) is 16.3 Å². The molecular formula is C24H21ClN2O6S. The van der Waals surface area contributed by atoms with E-state index in [1.807, 2.05) is 0 Å². The normalized spacial score (nSPS) is 11.9. The molecule has 0 fully saturated rings. The number of carbonyl (C=O) groups is 3. The van der Waals surface area contributed by atoms with Crippen LogP contribution in [0.3, 0.4) is 0 Å². The van der Waals surface area contributed by atoms with E-state index in [9.17, 15) is 22.8 Å². The number of hydrogen-bond acceptors (Lipinski definition) is 6. The molecule has 0 aliphatic heterocycles. The summed E-state index contributed by atoms with van der Waals surface area (Å²) in [5.74, 6) is -2.06. The Hall–Kier alpha value is -3.53. The number of rotatable bonds is 10. The van der Waals surface area contributed by atoms with Crippen molar-refractivity contribution in [1.82, 2.24) is 10.0 Å². The van der Waals surface area contributed by atoms with Gasteiger partial charge in [-0.05, 0) is 24.3 Å². The van der Waals surface area contributed by atoms with Crippen molar-refractivity contribution in [3.8, 4) is 0 Å². The minimum Gasteiger partial charge on any atom is -0.448 e. The van der Waals surface area contributed by atoms with Crippen molar-refractivity contribution in [2.45, 2.75) is 11.0 Å². The molecule has 1 atom stereocenters. The van der Waals surface area contributed by atoms with Gasteiger partial charge in [0.2, 0.25) is 21.7 Å². The molecule has 1 amide bonds. The van der Waals surface area contributed by atoms with Gasteiger partial charge in [-0.2, -0.15) is 0 Å². The summed E-state index contributed by atoms with van der Waals surface area (Å²) in [5.41, 5.74) is 0.753. The minimum atomic E-state index is -3.88. The molecule has 0 aliphatic rings. The zero-order valence-corrected chi connectivity index (χ0v) is 19.4. The molecule has 10 heteroatoms. The first kappa shape index (κ1) is 25.1. The lowest BCUT2D eigenvalue weighted by atomic mass is 10.00. The molecule has 0 saturated carbocycles. The number of benzene rings is 3. The van der Waals surface area contributed by atoms with Crippen molar-refractivity contribution >= 4 is 39.3 Å². The first-order chi connectivity index (χ1) is 16.3. The zero-order valence-electron chi connectivity index (χ0n) is 17.8. The summed E-state index contributed by atoms with van der Waals surface area (Å²) in [5, 5.41) is 2.73. The molecule has 0 aromatic heterocycles. The summed E-state index contributed by atoms with van der Waals surface area (Å²) in [6, 6.07) is 22.1. The Morgan fingerprint density at radius 3 is 2.03 bits per heavy atom. The predicted molar refractivity (Wildman–Crippen MR) is 126 cm³/mol. The van der Waals surface area contributed by atoms with Crippen molar-refractivity contribution in [2.75, 3.05) is 13.1 Å². The number of ether oxygens (including phenoxy) is 1. The van der Waals surface area contributed by atoms with Crippen molar-refractivity contribution in [3.05, 3.63) is 101 Å². The van der Waals surface area contributed by atoms with Gasteiger partial charge in [-0.3, -0.25) is 14.4 Å². The van der Waals surface area contributed by atoms with Crippen LogP contribution < -0.4 is 10.0 Å². The van der Waals surface area contributed by atoms with Gasteiger partial charge in [-0.15, -0.1) is 0 Å². The monoisotopic (exact) mass is 500 g/mol. The van der Waals surface area contributed by atoms with Gasteiger partial charge in [0.1, 0.15) is 6.54 Å². The third kappa shape index (κ3) is 6.98. The Kier molecular flexibility index (Phi) is 8.53.